The van der Waals surface area contributed by atoms with Gasteiger partial charge in [0.15, 0.2) is 0 Å². The van der Waals surface area contributed by atoms with Gasteiger partial charge >= 0.3 is 0 Å². The highest BCUT2D eigenvalue weighted by molar-refractivity contribution is 6.30. The van der Waals surface area contributed by atoms with Gasteiger partial charge in [0.1, 0.15) is 11.9 Å². The number of epoxide rings is 1. The van der Waals surface area contributed by atoms with E-state index in [1.54, 1.807) is 24.3 Å². The third kappa shape index (κ3) is 2.34. The maximum absolute atomic E-state index is 9.33. The summed E-state index contributed by atoms with van der Waals surface area (Å²) in [6, 6.07) is 6.82. The number of ether oxygens (including phenoxy) is 2. The maximum Gasteiger partial charge on any atom is 0.226 e. The summed E-state index contributed by atoms with van der Waals surface area (Å²) < 4.78 is 10.0. The van der Waals surface area contributed by atoms with E-state index in [2.05, 4.69) is 0 Å². The summed E-state index contributed by atoms with van der Waals surface area (Å²) in [5, 5.41) is 9.97. The van der Waals surface area contributed by atoms with Crippen LogP contribution in [0, 0.1) is 0 Å². The summed E-state index contributed by atoms with van der Waals surface area (Å²) in [4.78, 5) is 0. The van der Waals surface area contributed by atoms with Crippen molar-refractivity contribution in [2.24, 2.45) is 0 Å². The molecular weight excluding hydrogens is 192 g/mol. The molecule has 1 N–H and O–H groups in total. The van der Waals surface area contributed by atoms with Crippen molar-refractivity contribution in [2.45, 2.75) is 12.4 Å². The van der Waals surface area contributed by atoms with Crippen LogP contribution in [0.1, 0.15) is 0 Å². The minimum absolute atomic E-state index is 0.171. The standard InChI is InChI=1S/C9H9ClO3/c10-6-1-3-7(4-2-6)13-9(11)8-5-12-8/h1-4,8-9,11H,5H2. The van der Waals surface area contributed by atoms with E-state index in [1.807, 2.05) is 0 Å². The van der Waals surface area contributed by atoms with Crippen LogP contribution in [0.4, 0.5) is 0 Å². The minimum atomic E-state index is -0.874. The number of rotatable bonds is 3. The molecule has 1 saturated heterocycles. The summed E-state index contributed by atoms with van der Waals surface area (Å²) >= 11 is 5.68. The molecule has 0 aliphatic carbocycles. The highest BCUT2D eigenvalue weighted by atomic mass is 35.5. The van der Waals surface area contributed by atoms with Crippen LogP contribution < -0.4 is 4.74 Å². The molecule has 0 amide bonds. The van der Waals surface area contributed by atoms with E-state index in [1.165, 1.54) is 0 Å². The molecule has 0 bridgehead atoms. The SMILES string of the molecule is OC(Oc1ccc(Cl)cc1)C1CO1. The average Bonchev–Trinajstić information content (AvgIpc) is 2.91. The van der Waals surface area contributed by atoms with Gasteiger partial charge in [-0.15, -0.1) is 0 Å². The van der Waals surface area contributed by atoms with Crippen LogP contribution in [0.3, 0.4) is 0 Å². The molecule has 0 radical (unpaired) electrons. The van der Waals surface area contributed by atoms with Crippen molar-refractivity contribution < 1.29 is 14.6 Å². The van der Waals surface area contributed by atoms with Gasteiger partial charge in [0.25, 0.3) is 0 Å². The molecule has 1 fully saturated rings. The second-order valence-corrected chi connectivity index (χ2v) is 3.27. The molecule has 1 aromatic rings. The predicted molar refractivity (Wildman–Crippen MR) is 47.8 cm³/mol. The number of hydrogen-bond donors (Lipinski definition) is 1. The van der Waals surface area contributed by atoms with Crippen LogP contribution in [0.5, 0.6) is 5.75 Å². The third-order valence-corrected chi connectivity index (χ3v) is 2.00. The molecule has 2 rings (SSSR count). The largest absolute Gasteiger partial charge is 0.462 e. The Morgan fingerprint density at radius 2 is 2.08 bits per heavy atom. The van der Waals surface area contributed by atoms with E-state index in [0.29, 0.717) is 17.4 Å². The molecule has 1 aliphatic rings. The number of benzene rings is 1. The fraction of sp³-hybridized carbons (Fsp3) is 0.333. The number of halogens is 1. The normalized spacial score (nSPS) is 22.5. The molecule has 4 heteroatoms. The number of hydrogen-bond acceptors (Lipinski definition) is 3. The molecule has 70 valence electrons. The smallest absolute Gasteiger partial charge is 0.226 e. The van der Waals surface area contributed by atoms with E-state index in [9.17, 15) is 5.11 Å². The Bertz CT molecular complexity index is 281. The summed E-state index contributed by atoms with van der Waals surface area (Å²) in [6.45, 7) is 0.564. The van der Waals surface area contributed by atoms with Gasteiger partial charge in [0.2, 0.25) is 6.29 Å². The van der Waals surface area contributed by atoms with Crippen LogP contribution in [0.2, 0.25) is 5.02 Å². The van der Waals surface area contributed by atoms with Gasteiger partial charge in [-0.3, -0.25) is 0 Å². The monoisotopic (exact) mass is 200 g/mol. The molecular formula is C9H9ClO3. The summed E-state index contributed by atoms with van der Waals surface area (Å²) in [6.07, 6.45) is -1.04. The maximum atomic E-state index is 9.33. The molecule has 1 heterocycles. The average molecular weight is 201 g/mol. The van der Waals surface area contributed by atoms with Crippen molar-refractivity contribution in [1.29, 1.82) is 0 Å². The predicted octanol–water partition coefficient (Wildman–Crippen LogP) is 1.44. The molecule has 2 atom stereocenters. The molecule has 1 aromatic carbocycles. The zero-order valence-electron chi connectivity index (χ0n) is 6.81. The van der Waals surface area contributed by atoms with E-state index in [4.69, 9.17) is 21.1 Å². The van der Waals surface area contributed by atoms with Crippen LogP contribution in [-0.2, 0) is 4.74 Å². The van der Waals surface area contributed by atoms with Gasteiger partial charge in [-0.1, -0.05) is 11.6 Å². The van der Waals surface area contributed by atoms with Gasteiger partial charge in [-0.05, 0) is 24.3 Å². The molecule has 3 nitrogen and oxygen atoms in total. The Morgan fingerprint density at radius 1 is 1.46 bits per heavy atom. The quantitative estimate of drug-likeness (QED) is 0.593. The highest BCUT2D eigenvalue weighted by Crippen LogP contribution is 2.20. The lowest BCUT2D eigenvalue weighted by atomic mass is 10.3. The first kappa shape index (κ1) is 8.81. The zero-order chi connectivity index (χ0) is 9.26. The second-order valence-electron chi connectivity index (χ2n) is 2.83. The lowest BCUT2D eigenvalue weighted by Crippen LogP contribution is -2.22. The van der Waals surface area contributed by atoms with E-state index >= 15 is 0 Å². The van der Waals surface area contributed by atoms with Crippen molar-refractivity contribution in [3.63, 3.8) is 0 Å². The van der Waals surface area contributed by atoms with Crippen LogP contribution in [-0.4, -0.2) is 24.1 Å². The topological polar surface area (TPSA) is 42.0 Å². The Morgan fingerprint density at radius 3 is 2.62 bits per heavy atom. The van der Waals surface area contributed by atoms with Gasteiger partial charge in [0, 0.05) is 5.02 Å². The lowest BCUT2D eigenvalue weighted by Gasteiger charge is -2.10. The fourth-order valence-electron chi connectivity index (χ4n) is 0.949. The van der Waals surface area contributed by atoms with Crippen LogP contribution >= 0.6 is 11.6 Å². The van der Waals surface area contributed by atoms with E-state index < -0.39 is 6.29 Å². The molecule has 2 unspecified atom stereocenters. The first-order valence-corrected chi connectivity index (χ1v) is 4.35. The van der Waals surface area contributed by atoms with Crippen molar-refractivity contribution in [1.82, 2.24) is 0 Å². The Kier molecular flexibility index (Phi) is 2.40. The summed E-state index contributed by atoms with van der Waals surface area (Å²) in [5.74, 6) is 0.590. The van der Waals surface area contributed by atoms with Gasteiger partial charge in [-0.25, -0.2) is 0 Å². The highest BCUT2D eigenvalue weighted by Gasteiger charge is 2.33. The molecule has 13 heavy (non-hydrogen) atoms. The first-order valence-electron chi connectivity index (χ1n) is 3.97. The molecule has 0 spiro atoms. The summed E-state index contributed by atoms with van der Waals surface area (Å²) in [7, 11) is 0. The number of aliphatic hydroxyl groups excluding tert-OH is 1. The van der Waals surface area contributed by atoms with E-state index in [-0.39, 0.29) is 6.10 Å². The zero-order valence-corrected chi connectivity index (χ0v) is 7.57. The number of aliphatic hydroxyl groups is 1. The fourth-order valence-corrected chi connectivity index (χ4v) is 1.07. The minimum Gasteiger partial charge on any atom is -0.462 e. The summed E-state index contributed by atoms with van der Waals surface area (Å²) in [5.41, 5.74) is 0. The van der Waals surface area contributed by atoms with Crippen molar-refractivity contribution >= 4 is 11.6 Å². The van der Waals surface area contributed by atoms with Crippen LogP contribution in [0.15, 0.2) is 24.3 Å². The Labute approximate surface area is 80.8 Å². The van der Waals surface area contributed by atoms with Crippen molar-refractivity contribution in [3.8, 4) is 5.75 Å². The Balaban J connectivity index is 1.96. The van der Waals surface area contributed by atoms with Crippen molar-refractivity contribution in [2.75, 3.05) is 6.61 Å². The third-order valence-electron chi connectivity index (χ3n) is 1.75. The van der Waals surface area contributed by atoms with Gasteiger partial charge < -0.3 is 14.6 Å². The van der Waals surface area contributed by atoms with Crippen molar-refractivity contribution in [3.05, 3.63) is 29.3 Å². The van der Waals surface area contributed by atoms with Gasteiger partial charge in [0.05, 0.1) is 6.61 Å². The van der Waals surface area contributed by atoms with Crippen LogP contribution in [0.25, 0.3) is 0 Å². The van der Waals surface area contributed by atoms with Gasteiger partial charge in [-0.2, -0.15) is 0 Å². The molecule has 0 saturated carbocycles. The van der Waals surface area contributed by atoms with E-state index in [0.717, 1.165) is 0 Å². The molecule has 1 aliphatic heterocycles. The lowest BCUT2D eigenvalue weighted by molar-refractivity contribution is -0.0367. The Hall–Kier alpha value is -0.770. The first-order chi connectivity index (χ1) is 6.25. The molecule has 0 aromatic heterocycles. The second kappa shape index (κ2) is 3.54.